The molecular weight excluding hydrogens is 308 g/mol. The molecule has 120 valence electrons. The van der Waals surface area contributed by atoms with Crippen LogP contribution < -0.4 is 10.2 Å². The van der Waals surface area contributed by atoms with E-state index in [4.69, 9.17) is 4.74 Å². The summed E-state index contributed by atoms with van der Waals surface area (Å²) >= 11 is 0.890. The number of aromatic nitrogens is 1. The molecule has 0 fully saturated rings. The van der Waals surface area contributed by atoms with Crippen molar-refractivity contribution in [3.05, 3.63) is 27.4 Å². The molecule has 2 aromatic rings. The van der Waals surface area contributed by atoms with Gasteiger partial charge in [-0.1, -0.05) is 17.4 Å². The van der Waals surface area contributed by atoms with Gasteiger partial charge in [-0.25, -0.2) is 4.79 Å². The summed E-state index contributed by atoms with van der Waals surface area (Å²) in [5.74, 6) is -0.0654. The number of thiazole rings is 1. The first-order chi connectivity index (χ1) is 10.2. The Balaban J connectivity index is 2.14. The molecule has 4 N–H and O–H groups in total. The quantitative estimate of drug-likeness (QED) is 0.688. The summed E-state index contributed by atoms with van der Waals surface area (Å²) in [6, 6.07) is 2.90. The van der Waals surface area contributed by atoms with Crippen LogP contribution in [-0.4, -0.2) is 33.4 Å². The number of rotatable bonds is 3. The van der Waals surface area contributed by atoms with Gasteiger partial charge in [-0.15, -0.1) is 0 Å². The molecule has 1 unspecified atom stereocenters. The van der Waals surface area contributed by atoms with Crippen molar-refractivity contribution in [1.82, 2.24) is 10.3 Å². The number of carbonyl (C=O) groups is 1. The Morgan fingerprint density at radius 2 is 2.14 bits per heavy atom. The zero-order valence-corrected chi connectivity index (χ0v) is 13.3. The summed E-state index contributed by atoms with van der Waals surface area (Å²) in [7, 11) is 0. The fourth-order valence-corrected chi connectivity index (χ4v) is 2.82. The minimum atomic E-state index is -1.03. The first kappa shape index (κ1) is 16.3. The number of aromatic amines is 1. The van der Waals surface area contributed by atoms with E-state index in [0.717, 1.165) is 11.3 Å². The highest BCUT2D eigenvalue weighted by Crippen LogP contribution is 2.31. The van der Waals surface area contributed by atoms with Gasteiger partial charge in [0, 0.05) is 5.56 Å². The number of H-pyrrole nitrogens is 1. The fourth-order valence-electron chi connectivity index (χ4n) is 1.91. The molecule has 2 rings (SSSR count). The van der Waals surface area contributed by atoms with E-state index in [0.29, 0.717) is 10.3 Å². The topological polar surface area (TPSA) is 112 Å². The van der Waals surface area contributed by atoms with Crippen LogP contribution in [-0.2, 0) is 4.74 Å². The fraction of sp³-hybridized carbons (Fsp3) is 0.429. The Bertz CT molecular complexity index is 744. The van der Waals surface area contributed by atoms with Gasteiger partial charge in [0.2, 0.25) is 0 Å². The monoisotopic (exact) mass is 326 g/mol. The third-order valence-electron chi connectivity index (χ3n) is 2.79. The van der Waals surface area contributed by atoms with Crippen LogP contribution in [0, 0.1) is 0 Å². The molecule has 7 nitrogen and oxygen atoms in total. The minimum absolute atomic E-state index is 0.0654. The molecule has 1 aromatic heterocycles. The molecular formula is C14H18N2O5S. The van der Waals surface area contributed by atoms with Gasteiger partial charge >= 0.3 is 11.0 Å². The summed E-state index contributed by atoms with van der Waals surface area (Å²) in [5, 5.41) is 22.4. The number of alkyl carbamates (subject to hydrolysis) is 1. The zero-order valence-electron chi connectivity index (χ0n) is 12.5. The number of nitrogens with one attached hydrogen (secondary N) is 2. The van der Waals surface area contributed by atoms with Crippen molar-refractivity contribution < 1.29 is 19.7 Å². The lowest BCUT2D eigenvalue weighted by Crippen LogP contribution is -2.34. The van der Waals surface area contributed by atoms with Crippen LogP contribution in [0.5, 0.6) is 5.75 Å². The van der Waals surface area contributed by atoms with Gasteiger partial charge < -0.3 is 25.3 Å². The number of hydrogen-bond donors (Lipinski definition) is 4. The summed E-state index contributed by atoms with van der Waals surface area (Å²) in [5.41, 5.74) is 0.108. The van der Waals surface area contributed by atoms with E-state index in [1.807, 2.05) is 0 Å². The Hall–Kier alpha value is -2.06. The first-order valence-corrected chi connectivity index (χ1v) is 7.48. The van der Waals surface area contributed by atoms with Gasteiger partial charge in [0.05, 0.1) is 17.3 Å². The summed E-state index contributed by atoms with van der Waals surface area (Å²) in [4.78, 5) is 25.2. The molecule has 0 spiro atoms. The highest BCUT2D eigenvalue weighted by atomic mass is 32.1. The summed E-state index contributed by atoms with van der Waals surface area (Å²) in [6.07, 6.45) is -1.66. The van der Waals surface area contributed by atoms with Gasteiger partial charge in [-0.3, -0.25) is 4.79 Å². The largest absolute Gasteiger partial charge is 0.506 e. The highest BCUT2D eigenvalue weighted by molar-refractivity contribution is 7.16. The van der Waals surface area contributed by atoms with Crippen LogP contribution >= 0.6 is 11.3 Å². The van der Waals surface area contributed by atoms with Crippen molar-refractivity contribution in [3.63, 3.8) is 0 Å². The van der Waals surface area contributed by atoms with E-state index < -0.39 is 17.8 Å². The number of aliphatic hydroxyl groups excluding tert-OH is 1. The molecule has 1 heterocycles. The Kier molecular flexibility index (Phi) is 4.43. The molecule has 0 aliphatic heterocycles. The average Bonchev–Trinajstić information content (AvgIpc) is 2.77. The molecule has 1 atom stereocenters. The van der Waals surface area contributed by atoms with Crippen molar-refractivity contribution in [2.75, 3.05) is 6.54 Å². The van der Waals surface area contributed by atoms with E-state index in [-0.39, 0.29) is 22.7 Å². The number of benzene rings is 1. The summed E-state index contributed by atoms with van der Waals surface area (Å²) < 4.78 is 5.54. The second kappa shape index (κ2) is 5.98. The molecule has 1 amide bonds. The molecule has 0 aliphatic rings. The van der Waals surface area contributed by atoms with Crippen LogP contribution in [0.15, 0.2) is 16.9 Å². The van der Waals surface area contributed by atoms with E-state index in [9.17, 15) is 19.8 Å². The molecule has 1 aromatic carbocycles. The number of aliphatic hydroxyl groups is 1. The average molecular weight is 326 g/mol. The van der Waals surface area contributed by atoms with Crippen LogP contribution in [0.25, 0.3) is 10.2 Å². The van der Waals surface area contributed by atoms with Gasteiger partial charge in [0.15, 0.2) is 0 Å². The molecule has 0 bridgehead atoms. The predicted molar refractivity (Wildman–Crippen MR) is 83.3 cm³/mol. The Morgan fingerprint density at radius 3 is 2.77 bits per heavy atom. The minimum Gasteiger partial charge on any atom is -0.506 e. The molecule has 0 aliphatic carbocycles. The smallest absolute Gasteiger partial charge is 0.407 e. The Morgan fingerprint density at radius 1 is 1.45 bits per heavy atom. The third kappa shape index (κ3) is 3.77. The molecule has 0 saturated carbocycles. The van der Waals surface area contributed by atoms with Crippen molar-refractivity contribution in [2.45, 2.75) is 32.5 Å². The van der Waals surface area contributed by atoms with Gasteiger partial charge in [-0.05, 0) is 26.8 Å². The van der Waals surface area contributed by atoms with E-state index in [1.165, 1.54) is 12.1 Å². The van der Waals surface area contributed by atoms with Crippen LogP contribution in [0.1, 0.15) is 32.4 Å². The molecule has 22 heavy (non-hydrogen) atoms. The zero-order chi connectivity index (χ0) is 16.5. The number of carbonyl (C=O) groups excluding carboxylic acids is 1. The standard InChI is InChI=1S/C14H18N2O5S/c1-14(2,3)21-12(19)15-6-9(18)7-4-5-8(17)10-11(7)22-13(20)16-10/h4-5,9,17-18H,6H2,1-3H3,(H,15,19)(H,16,20). The Labute approximate surface area is 130 Å². The number of hydrogen-bond acceptors (Lipinski definition) is 6. The second-order valence-corrected chi connectivity index (χ2v) is 6.77. The normalized spacial score (nSPS) is 13.1. The van der Waals surface area contributed by atoms with Crippen LogP contribution in [0.4, 0.5) is 4.79 Å². The maximum Gasteiger partial charge on any atom is 0.407 e. The summed E-state index contributed by atoms with van der Waals surface area (Å²) in [6.45, 7) is 5.15. The van der Waals surface area contributed by atoms with Crippen molar-refractivity contribution in [3.8, 4) is 5.75 Å². The van der Waals surface area contributed by atoms with Crippen LogP contribution in [0.3, 0.4) is 0 Å². The number of ether oxygens (including phenoxy) is 1. The van der Waals surface area contributed by atoms with E-state index >= 15 is 0 Å². The van der Waals surface area contributed by atoms with E-state index in [2.05, 4.69) is 10.3 Å². The number of phenols is 1. The molecule has 0 saturated heterocycles. The van der Waals surface area contributed by atoms with Crippen molar-refractivity contribution in [1.29, 1.82) is 0 Å². The van der Waals surface area contributed by atoms with E-state index in [1.54, 1.807) is 20.8 Å². The second-order valence-electron chi connectivity index (χ2n) is 5.79. The van der Waals surface area contributed by atoms with Gasteiger partial charge in [0.25, 0.3) is 0 Å². The lowest BCUT2D eigenvalue weighted by Gasteiger charge is -2.20. The molecule has 0 radical (unpaired) electrons. The number of fused-ring (bicyclic) bond motifs is 1. The van der Waals surface area contributed by atoms with Crippen molar-refractivity contribution >= 4 is 27.6 Å². The van der Waals surface area contributed by atoms with Gasteiger partial charge in [-0.2, -0.15) is 0 Å². The first-order valence-electron chi connectivity index (χ1n) is 6.67. The van der Waals surface area contributed by atoms with Crippen molar-refractivity contribution in [2.24, 2.45) is 0 Å². The van der Waals surface area contributed by atoms with Gasteiger partial charge in [0.1, 0.15) is 16.9 Å². The van der Waals surface area contributed by atoms with Crippen LogP contribution in [0.2, 0.25) is 0 Å². The SMILES string of the molecule is CC(C)(C)OC(=O)NCC(O)c1ccc(O)c2[nH]c(=O)sc12. The number of amides is 1. The lowest BCUT2D eigenvalue weighted by atomic mass is 10.1. The highest BCUT2D eigenvalue weighted by Gasteiger charge is 2.19. The maximum atomic E-state index is 11.6. The molecule has 8 heteroatoms. The predicted octanol–water partition coefficient (Wildman–Crippen LogP) is 1.85. The number of aromatic hydroxyl groups is 1. The maximum absolute atomic E-state index is 11.6. The number of phenolic OH excluding ortho intramolecular Hbond substituents is 1. The third-order valence-corrected chi connectivity index (χ3v) is 3.72. The lowest BCUT2D eigenvalue weighted by molar-refractivity contribution is 0.0492.